The number of piperazine rings is 1. The van der Waals surface area contributed by atoms with E-state index in [0.717, 1.165) is 18.9 Å². The van der Waals surface area contributed by atoms with Crippen LogP contribution in [-0.2, 0) is 0 Å². The van der Waals surface area contributed by atoms with Crippen molar-refractivity contribution in [2.24, 2.45) is 0 Å². The maximum atomic E-state index is 12.3. The van der Waals surface area contributed by atoms with Crippen molar-refractivity contribution < 1.29 is 4.79 Å². The van der Waals surface area contributed by atoms with Crippen molar-refractivity contribution in [2.45, 2.75) is 0 Å². The van der Waals surface area contributed by atoms with Crippen LogP contribution in [0.15, 0.2) is 30.7 Å². The molecule has 1 aliphatic heterocycles. The molecule has 1 amide bonds. The minimum absolute atomic E-state index is 0.0562. The van der Waals surface area contributed by atoms with Gasteiger partial charge in [-0.25, -0.2) is 4.98 Å². The number of hydrogen-bond acceptors (Lipinski definition) is 5. The molecule has 0 aliphatic carbocycles. The number of nitrogens with zero attached hydrogens (tertiary/aromatic N) is 4. The Hall–Kier alpha value is -1.66. The van der Waals surface area contributed by atoms with Crippen molar-refractivity contribution in [3.63, 3.8) is 0 Å². The summed E-state index contributed by atoms with van der Waals surface area (Å²) in [6.07, 6.45) is 5.08. The van der Waals surface area contributed by atoms with Gasteiger partial charge in [0.05, 0.1) is 15.4 Å². The second-order valence-corrected chi connectivity index (χ2v) is 6.16. The predicted octanol–water partition coefficient (Wildman–Crippen LogP) is 2.15. The average Bonchev–Trinajstić information content (AvgIpc) is 2.94. The fraction of sp³-hybridized carbons (Fsp3) is 0.308. The molecule has 0 bridgehead atoms. The van der Waals surface area contributed by atoms with Gasteiger partial charge in [-0.05, 0) is 12.1 Å². The van der Waals surface area contributed by atoms with Gasteiger partial charge in [0.15, 0.2) is 0 Å². The van der Waals surface area contributed by atoms with E-state index in [4.69, 9.17) is 11.6 Å². The van der Waals surface area contributed by atoms with Crippen LogP contribution < -0.4 is 4.90 Å². The van der Waals surface area contributed by atoms with Crippen molar-refractivity contribution in [3.8, 4) is 0 Å². The Bertz CT molecular complexity index is 595. The second kappa shape index (κ2) is 5.76. The summed E-state index contributed by atoms with van der Waals surface area (Å²) in [5.41, 5.74) is 0. The normalized spacial score (nSPS) is 15.4. The average molecular weight is 309 g/mol. The first-order chi connectivity index (χ1) is 9.74. The molecule has 0 N–H and O–H groups in total. The third kappa shape index (κ3) is 2.76. The van der Waals surface area contributed by atoms with Crippen LogP contribution in [-0.4, -0.2) is 47.0 Å². The van der Waals surface area contributed by atoms with Gasteiger partial charge in [0, 0.05) is 38.6 Å². The fourth-order valence-corrected chi connectivity index (χ4v) is 3.19. The smallest absolute Gasteiger partial charge is 0.264 e. The quantitative estimate of drug-likeness (QED) is 0.853. The van der Waals surface area contributed by atoms with E-state index in [1.54, 1.807) is 30.7 Å². The Morgan fingerprint density at radius 3 is 2.60 bits per heavy atom. The van der Waals surface area contributed by atoms with Crippen LogP contribution in [0.25, 0.3) is 0 Å². The fourth-order valence-electron chi connectivity index (χ4n) is 2.18. The van der Waals surface area contributed by atoms with Gasteiger partial charge in [-0.2, -0.15) is 0 Å². The lowest BCUT2D eigenvalue weighted by molar-refractivity contribution is 0.0751. The van der Waals surface area contributed by atoms with E-state index in [1.807, 2.05) is 4.90 Å². The summed E-state index contributed by atoms with van der Waals surface area (Å²) in [4.78, 5) is 25.3. The van der Waals surface area contributed by atoms with E-state index in [-0.39, 0.29) is 5.91 Å². The van der Waals surface area contributed by atoms with Crippen LogP contribution >= 0.6 is 22.9 Å². The Morgan fingerprint density at radius 2 is 2.00 bits per heavy atom. The summed E-state index contributed by atoms with van der Waals surface area (Å²) in [6, 6.07) is 3.54. The highest BCUT2D eigenvalue weighted by Gasteiger charge is 2.23. The zero-order chi connectivity index (χ0) is 13.9. The van der Waals surface area contributed by atoms with E-state index in [9.17, 15) is 4.79 Å². The standard InChI is InChI=1S/C13H13ClN4OS/c14-11-2-1-10(20-11)13(19)18-7-5-17(6-8-18)12-9-15-3-4-16-12/h1-4,9H,5-8H2. The van der Waals surface area contributed by atoms with E-state index in [0.29, 0.717) is 22.3 Å². The van der Waals surface area contributed by atoms with Gasteiger partial charge in [0.25, 0.3) is 5.91 Å². The highest BCUT2D eigenvalue weighted by atomic mass is 35.5. The van der Waals surface area contributed by atoms with Gasteiger partial charge in [0.1, 0.15) is 5.82 Å². The maximum absolute atomic E-state index is 12.3. The summed E-state index contributed by atoms with van der Waals surface area (Å²) in [6.45, 7) is 2.91. The van der Waals surface area contributed by atoms with Crippen LogP contribution in [0.5, 0.6) is 0 Å². The van der Waals surface area contributed by atoms with Crippen LogP contribution in [0.2, 0.25) is 4.34 Å². The third-order valence-corrected chi connectivity index (χ3v) is 4.44. The topological polar surface area (TPSA) is 49.3 Å². The molecular weight excluding hydrogens is 296 g/mol. The number of amides is 1. The molecule has 2 aromatic heterocycles. The van der Waals surface area contributed by atoms with Gasteiger partial charge in [-0.3, -0.25) is 9.78 Å². The number of anilines is 1. The lowest BCUT2D eigenvalue weighted by atomic mass is 10.3. The van der Waals surface area contributed by atoms with Gasteiger partial charge >= 0.3 is 0 Å². The molecule has 3 rings (SSSR count). The van der Waals surface area contributed by atoms with Crippen LogP contribution in [0.4, 0.5) is 5.82 Å². The van der Waals surface area contributed by atoms with Crippen molar-refractivity contribution in [1.82, 2.24) is 14.9 Å². The van der Waals surface area contributed by atoms with Crippen molar-refractivity contribution in [3.05, 3.63) is 39.9 Å². The molecule has 1 fully saturated rings. The van der Waals surface area contributed by atoms with Crippen molar-refractivity contribution in [2.75, 3.05) is 31.1 Å². The maximum Gasteiger partial charge on any atom is 0.264 e. The first-order valence-electron chi connectivity index (χ1n) is 6.29. The Labute approximate surface area is 125 Å². The largest absolute Gasteiger partial charge is 0.352 e. The van der Waals surface area contributed by atoms with Crippen molar-refractivity contribution >= 4 is 34.7 Å². The molecule has 0 saturated carbocycles. The predicted molar refractivity (Wildman–Crippen MR) is 79.5 cm³/mol. The van der Waals surface area contributed by atoms with Crippen LogP contribution in [0, 0.1) is 0 Å². The number of aromatic nitrogens is 2. The molecule has 3 heterocycles. The van der Waals surface area contributed by atoms with Gasteiger partial charge in [-0.15, -0.1) is 11.3 Å². The molecule has 7 heteroatoms. The van der Waals surface area contributed by atoms with E-state index in [1.165, 1.54) is 11.3 Å². The number of hydrogen-bond donors (Lipinski definition) is 0. The molecule has 2 aromatic rings. The van der Waals surface area contributed by atoms with E-state index < -0.39 is 0 Å². The van der Waals surface area contributed by atoms with Gasteiger partial charge in [-0.1, -0.05) is 11.6 Å². The molecule has 1 saturated heterocycles. The molecule has 104 valence electrons. The van der Waals surface area contributed by atoms with Crippen LogP contribution in [0.3, 0.4) is 0 Å². The highest BCUT2D eigenvalue weighted by molar-refractivity contribution is 7.17. The molecule has 1 aliphatic rings. The number of rotatable bonds is 2. The lowest BCUT2D eigenvalue weighted by Gasteiger charge is -2.35. The number of halogens is 1. The number of carbonyl (C=O) groups is 1. The van der Waals surface area contributed by atoms with E-state index >= 15 is 0 Å². The molecular formula is C13H13ClN4OS. The molecule has 0 spiro atoms. The molecule has 20 heavy (non-hydrogen) atoms. The van der Waals surface area contributed by atoms with Gasteiger partial charge < -0.3 is 9.80 Å². The highest BCUT2D eigenvalue weighted by Crippen LogP contribution is 2.23. The summed E-state index contributed by atoms with van der Waals surface area (Å²) in [7, 11) is 0. The SMILES string of the molecule is O=C(c1ccc(Cl)s1)N1CCN(c2cnccn2)CC1. The summed E-state index contributed by atoms with van der Waals surface area (Å²) in [5.74, 6) is 0.916. The Balaban J connectivity index is 1.63. The monoisotopic (exact) mass is 308 g/mol. The van der Waals surface area contributed by atoms with Crippen LogP contribution in [0.1, 0.15) is 9.67 Å². The first kappa shape index (κ1) is 13.3. The summed E-state index contributed by atoms with van der Waals surface area (Å²) in [5, 5.41) is 0. The first-order valence-corrected chi connectivity index (χ1v) is 7.49. The summed E-state index contributed by atoms with van der Waals surface area (Å²) >= 11 is 7.20. The zero-order valence-corrected chi connectivity index (χ0v) is 12.3. The number of thiophene rings is 1. The molecule has 0 radical (unpaired) electrons. The number of carbonyl (C=O) groups excluding carboxylic acids is 1. The minimum Gasteiger partial charge on any atom is -0.352 e. The molecule has 5 nitrogen and oxygen atoms in total. The Morgan fingerprint density at radius 1 is 1.20 bits per heavy atom. The van der Waals surface area contributed by atoms with E-state index in [2.05, 4.69) is 14.9 Å². The van der Waals surface area contributed by atoms with Crippen molar-refractivity contribution in [1.29, 1.82) is 0 Å². The molecule has 0 aromatic carbocycles. The summed E-state index contributed by atoms with van der Waals surface area (Å²) < 4.78 is 0.645. The zero-order valence-electron chi connectivity index (χ0n) is 10.7. The minimum atomic E-state index is 0.0562. The second-order valence-electron chi connectivity index (χ2n) is 4.45. The molecule has 0 atom stereocenters. The Kier molecular flexibility index (Phi) is 3.84. The third-order valence-electron chi connectivity index (χ3n) is 3.22. The van der Waals surface area contributed by atoms with Gasteiger partial charge in [0.2, 0.25) is 0 Å². The molecule has 0 unspecified atom stereocenters. The lowest BCUT2D eigenvalue weighted by Crippen LogP contribution is -2.48.